The zero-order chi connectivity index (χ0) is 17.2. The second-order valence-corrected chi connectivity index (χ2v) is 6.15. The number of carbonyl (C=O) groups excluding carboxylic acids is 1. The van der Waals surface area contributed by atoms with Crippen molar-refractivity contribution in [2.75, 3.05) is 0 Å². The number of hydrogen-bond acceptors (Lipinski definition) is 2. The van der Waals surface area contributed by atoms with Crippen LogP contribution in [0.1, 0.15) is 15.9 Å². The third kappa shape index (κ3) is 2.85. The van der Waals surface area contributed by atoms with E-state index in [0.29, 0.717) is 12.1 Å². The van der Waals surface area contributed by atoms with E-state index in [-0.39, 0.29) is 5.91 Å². The summed E-state index contributed by atoms with van der Waals surface area (Å²) in [5.41, 5.74) is 5.00. The summed E-state index contributed by atoms with van der Waals surface area (Å²) in [6, 6.07) is 22.0. The monoisotopic (exact) mass is 326 g/mol. The first-order chi connectivity index (χ1) is 12.2. The lowest BCUT2D eigenvalue weighted by Crippen LogP contribution is -2.13. The lowest BCUT2D eigenvalue weighted by molar-refractivity contribution is 0.0918. The predicted molar refractivity (Wildman–Crippen MR) is 101 cm³/mol. The molecule has 2 aromatic heterocycles. The fraction of sp³-hybridized carbons (Fsp3) is 0.0909. The average Bonchev–Trinajstić information content (AvgIpc) is 3.04. The van der Waals surface area contributed by atoms with Gasteiger partial charge in [-0.2, -0.15) is 0 Å². The van der Waals surface area contributed by atoms with Gasteiger partial charge in [-0.15, -0.1) is 0 Å². The Kier molecular flexibility index (Phi) is 3.90. The van der Waals surface area contributed by atoms with E-state index in [4.69, 9.17) is 0 Å². The Morgan fingerprint density at radius 3 is 2.52 bits per heavy atom. The van der Waals surface area contributed by atoms with Crippen LogP contribution in [-0.2, 0) is 6.42 Å². The summed E-state index contributed by atoms with van der Waals surface area (Å²) in [4.78, 5) is 17.4. The highest BCUT2D eigenvalue weighted by Gasteiger charge is 2.16. The number of aromatic nitrogens is 2. The molecular weight excluding hydrogens is 308 g/mol. The highest BCUT2D eigenvalue weighted by atomic mass is 16.2. The van der Waals surface area contributed by atoms with Crippen LogP contribution in [0.2, 0.25) is 0 Å². The summed E-state index contributed by atoms with van der Waals surface area (Å²) < 4.78 is 1.68. The van der Waals surface area contributed by atoms with Crippen molar-refractivity contribution in [3.63, 3.8) is 0 Å². The van der Waals surface area contributed by atoms with Gasteiger partial charge >= 0.3 is 0 Å². The van der Waals surface area contributed by atoms with Crippen molar-refractivity contribution < 1.29 is 4.79 Å². The summed E-state index contributed by atoms with van der Waals surface area (Å²) >= 11 is 0. The molecule has 0 radical (unpaired) electrons. The molecule has 4 aromatic rings. The minimum atomic E-state index is 0.0279. The summed E-state index contributed by atoms with van der Waals surface area (Å²) in [7, 11) is 0. The smallest absolute Gasteiger partial charge is 0.236 e. The molecule has 2 heterocycles. The van der Waals surface area contributed by atoms with Crippen molar-refractivity contribution in [1.82, 2.24) is 9.55 Å². The molecule has 122 valence electrons. The molecule has 0 bridgehead atoms. The van der Waals surface area contributed by atoms with Crippen molar-refractivity contribution in [3.05, 3.63) is 90.3 Å². The Balaban J connectivity index is 1.80. The second-order valence-electron chi connectivity index (χ2n) is 6.15. The van der Waals surface area contributed by atoms with Crippen LogP contribution in [0.25, 0.3) is 22.2 Å². The third-order valence-corrected chi connectivity index (χ3v) is 4.52. The minimum Gasteiger partial charge on any atom is -0.274 e. The molecule has 0 N–H and O–H groups in total. The highest BCUT2D eigenvalue weighted by molar-refractivity contribution is 6.00. The quantitative estimate of drug-likeness (QED) is 0.537. The predicted octanol–water partition coefficient (Wildman–Crippen LogP) is 4.89. The molecule has 3 nitrogen and oxygen atoms in total. The van der Waals surface area contributed by atoms with Crippen molar-refractivity contribution >= 4 is 16.9 Å². The Labute approximate surface area is 146 Å². The van der Waals surface area contributed by atoms with E-state index in [0.717, 1.165) is 27.6 Å². The largest absolute Gasteiger partial charge is 0.274 e. The zero-order valence-electron chi connectivity index (χ0n) is 14.0. The standard InChI is InChI=1S/C22H18N2O/c1-16-8-5-6-11-18(16)14-21(25)24-15-20(17-9-3-2-4-10-17)19-12-7-13-23-22(19)24/h2-13,15H,14H2,1H3. The molecule has 0 saturated heterocycles. The molecule has 0 aliphatic heterocycles. The van der Waals surface area contributed by atoms with Crippen LogP contribution >= 0.6 is 0 Å². The molecule has 4 rings (SSSR count). The number of pyridine rings is 1. The Morgan fingerprint density at radius 2 is 1.72 bits per heavy atom. The Hall–Kier alpha value is -3.20. The highest BCUT2D eigenvalue weighted by Crippen LogP contribution is 2.29. The zero-order valence-corrected chi connectivity index (χ0v) is 14.0. The third-order valence-electron chi connectivity index (χ3n) is 4.52. The molecule has 0 unspecified atom stereocenters. The van der Waals surface area contributed by atoms with E-state index in [1.54, 1.807) is 10.8 Å². The van der Waals surface area contributed by atoms with E-state index in [1.807, 2.05) is 67.7 Å². The van der Waals surface area contributed by atoms with Crippen LogP contribution in [0.3, 0.4) is 0 Å². The van der Waals surface area contributed by atoms with E-state index >= 15 is 0 Å². The van der Waals surface area contributed by atoms with E-state index in [9.17, 15) is 4.79 Å². The van der Waals surface area contributed by atoms with Gasteiger partial charge in [0.2, 0.25) is 5.91 Å². The molecule has 25 heavy (non-hydrogen) atoms. The van der Waals surface area contributed by atoms with Gasteiger partial charge in [-0.1, -0.05) is 54.6 Å². The van der Waals surface area contributed by atoms with Gasteiger partial charge in [-0.05, 0) is 35.7 Å². The molecule has 0 fully saturated rings. The lowest BCUT2D eigenvalue weighted by atomic mass is 10.1. The summed E-state index contributed by atoms with van der Waals surface area (Å²) in [6.07, 6.45) is 4.00. The number of fused-ring (bicyclic) bond motifs is 1. The Bertz CT molecular complexity index is 1050. The van der Waals surface area contributed by atoms with Crippen LogP contribution in [0.15, 0.2) is 79.1 Å². The molecule has 0 saturated carbocycles. The van der Waals surface area contributed by atoms with Crippen molar-refractivity contribution in [2.45, 2.75) is 13.3 Å². The second kappa shape index (κ2) is 6.36. The number of benzene rings is 2. The fourth-order valence-corrected chi connectivity index (χ4v) is 3.15. The first-order valence-corrected chi connectivity index (χ1v) is 8.33. The normalized spacial score (nSPS) is 10.9. The average molecular weight is 326 g/mol. The number of hydrogen-bond donors (Lipinski definition) is 0. The van der Waals surface area contributed by atoms with Crippen LogP contribution in [-0.4, -0.2) is 15.5 Å². The summed E-state index contributed by atoms with van der Waals surface area (Å²) in [5, 5.41) is 0.992. The van der Waals surface area contributed by atoms with Crippen LogP contribution in [0.5, 0.6) is 0 Å². The minimum absolute atomic E-state index is 0.0279. The van der Waals surface area contributed by atoms with Gasteiger partial charge in [0.1, 0.15) is 5.65 Å². The summed E-state index contributed by atoms with van der Waals surface area (Å²) in [5.74, 6) is 0.0279. The molecule has 0 atom stereocenters. The van der Waals surface area contributed by atoms with Gasteiger partial charge in [0.15, 0.2) is 0 Å². The van der Waals surface area contributed by atoms with E-state index in [1.165, 1.54) is 0 Å². The van der Waals surface area contributed by atoms with Gasteiger partial charge in [-0.3, -0.25) is 9.36 Å². The van der Waals surface area contributed by atoms with E-state index < -0.39 is 0 Å². The molecular formula is C22H18N2O. The number of carbonyl (C=O) groups is 1. The molecule has 3 heteroatoms. The molecule has 2 aromatic carbocycles. The van der Waals surface area contributed by atoms with Gasteiger partial charge in [0.05, 0.1) is 6.42 Å². The van der Waals surface area contributed by atoms with Gasteiger partial charge in [-0.25, -0.2) is 4.98 Å². The maximum Gasteiger partial charge on any atom is 0.236 e. The molecule has 0 aliphatic carbocycles. The molecule has 0 amide bonds. The number of rotatable bonds is 3. The van der Waals surface area contributed by atoms with Gasteiger partial charge in [0, 0.05) is 23.3 Å². The van der Waals surface area contributed by atoms with Crippen molar-refractivity contribution in [1.29, 1.82) is 0 Å². The fourth-order valence-electron chi connectivity index (χ4n) is 3.15. The lowest BCUT2D eigenvalue weighted by Gasteiger charge is -2.06. The Morgan fingerprint density at radius 1 is 0.960 bits per heavy atom. The number of nitrogens with zero attached hydrogens (tertiary/aromatic N) is 2. The van der Waals surface area contributed by atoms with E-state index in [2.05, 4.69) is 17.1 Å². The molecule has 0 aliphatic rings. The first-order valence-electron chi connectivity index (χ1n) is 8.33. The van der Waals surface area contributed by atoms with Crippen LogP contribution < -0.4 is 0 Å². The van der Waals surface area contributed by atoms with Crippen molar-refractivity contribution in [2.24, 2.45) is 0 Å². The topological polar surface area (TPSA) is 34.9 Å². The maximum absolute atomic E-state index is 12.9. The summed E-state index contributed by atoms with van der Waals surface area (Å²) in [6.45, 7) is 2.03. The SMILES string of the molecule is Cc1ccccc1CC(=O)n1cc(-c2ccccc2)c2cccnc21. The first kappa shape index (κ1) is 15.3. The maximum atomic E-state index is 12.9. The number of aryl methyl sites for hydroxylation is 1. The van der Waals surface area contributed by atoms with Crippen molar-refractivity contribution in [3.8, 4) is 11.1 Å². The van der Waals surface area contributed by atoms with Crippen LogP contribution in [0.4, 0.5) is 0 Å². The van der Waals surface area contributed by atoms with Crippen LogP contribution in [0, 0.1) is 6.92 Å². The molecule has 0 spiro atoms. The van der Waals surface area contributed by atoms with Gasteiger partial charge in [0.25, 0.3) is 0 Å². The van der Waals surface area contributed by atoms with Gasteiger partial charge < -0.3 is 0 Å².